The Morgan fingerprint density at radius 2 is 0.701 bits per heavy atom. The lowest BCUT2D eigenvalue weighted by Gasteiger charge is -2.22. The third kappa shape index (κ3) is 53.8. The Hall–Kier alpha value is -1.40. The first kappa shape index (κ1) is 65.6. The SMILES string of the molecule is CCCCCCCCC/C=C\CCCCCCCC(=O)OCCCCCCCCCCCCCCCC(=O)NC(CO)C(O)CCCCCCCCCCCCCCCCCCCCCCC. The van der Waals surface area contributed by atoms with Crippen molar-refractivity contribution in [1.82, 2.24) is 5.32 Å². The van der Waals surface area contributed by atoms with Gasteiger partial charge in [0.05, 0.1) is 25.4 Å². The lowest BCUT2D eigenvalue weighted by Crippen LogP contribution is -2.45. The predicted octanol–water partition coefficient (Wildman–Crippen LogP) is 18.9. The van der Waals surface area contributed by atoms with Gasteiger partial charge < -0.3 is 20.3 Å². The molecule has 67 heavy (non-hydrogen) atoms. The third-order valence-corrected chi connectivity index (χ3v) is 14.3. The number of aliphatic hydroxyl groups excluding tert-OH is 2. The molecule has 0 aliphatic heterocycles. The van der Waals surface area contributed by atoms with E-state index < -0.39 is 12.1 Å². The molecule has 6 heteroatoms. The summed E-state index contributed by atoms with van der Waals surface area (Å²) in [6, 6.07) is -0.552. The molecule has 0 saturated carbocycles. The van der Waals surface area contributed by atoms with Gasteiger partial charge in [-0.2, -0.15) is 0 Å². The largest absolute Gasteiger partial charge is 0.466 e. The second kappa shape index (κ2) is 57.2. The second-order valence-electron chi connectivity index (χ2n) is 21.0. The number of esters is 1. The molecule has 0 rings (SSSR count). The third-order valence-electron chi connectivity index (χ3n) is 14.3. The van der Waals surface area contributed by atoms with Crippen LogP contribution >= 0.6 is 0 Å². The van der Waals surface area contributed by atoms with Crippen LogP contribution in [0.25, 0.3) is 0 Å². The molecule has 0 aliphatic carbocycles. The molecular weight excluding hydrogens is 827 g/mol. The highest BCUT2D eigenvalue weighted by Gasteiger charge is 2.20. The van der Waals surface area contributed by atoms with E-state index in [-0.39, 0.29) is 18.5 Å². The average molecular weight is 947 g/mol. The summed E-state index contributed by atoms with van der Waals surface area (Å²) in [6.45, 7) is 4.95. The van der Waals surface area contributed by atoms with Gasteiger partial charge in [-0.25, -0.2) is 0 Å². The maximum absolute atomic E-state index is 12.5. The minimum absolute atomic E-state index is 0.0116. The zero-order valence-electron chi connectivity index (χ0n) is 45.4. The van der Waals surface area contributed by atoms with Crippen molar-refractivity contribution < 1.29 is 24.5 Å². The van der Waals surface area contributed by atoms with Crippen molar-refractivity contribution in [2.24, 2.45) is 0 Å². The quantitative estimate of drug-likeness (QED) is 0.0321. The van der Waals surface area contributed by atoms with Crippen LogP contribution in [0.2, 0.25) is 0 Å². The lowest BCUT2D eigenvalue weighted by atomic mass is 10.0. The Morgan fingerprint density at radius 3 is 1.06 bits per heavy atom. The van der Waals surface area contributed by atoms with Crippen LogP contribution in [0.15, 0.2) is 12.2 Å². The van der Waals surface area contributed by atoms with Crippen molar-refractivity contribution in [2.45, 2.75) is 353 Å². The highest BCUT2D eigenvalue weighted by atomic mass is 16.5. The number of nitrogens with one attached hydrogen (secondary N) is 1. The standard InChI is InChI=1S/C61H119NO5/c1-3-5-7-9-11-13-15-17-19-21-22-23-24-25-26-29-33-37-41-45-49-53-59(64)58(57-63)62-60(65)54-50-46-42-38-34-30-28-32-36-40-44-48-52-56-67-61(66)55-51-47-43-39-35-31-27-20-18-16-14-12-10-8-6-4-2/h20,27,58-59,63-64H,3-19,21-26,28-57H2,1-2H3,(H,62,65)/b27-20-. The van der Waals surface area contributed by atoms with Crippen molar-refractivity contribution in [2.75, 3.05) is 13.2 Å². The first-order valence-electron chi connectivity index (χ1n) is 30.4. The van der Waals surface area contributed by atoms with Gasteiger partial charge in [0.15, 0.2) is 0 Å². The van der Waals surface area contributed by atoms with Crippen LogP contribution < -0.4 is 5.32 Å². The minimum atomic E-state index is -0.673. The van der Waals surface area contributed by atoms with Crippen molar-refractivity contribution in [3.63, 3.8) is 0 Å². The van der Waals surface area contributed by atoms with Crippen molar-refractivity contribution >= 4 is 11.9 Å². The number of hydrogen-bond acceptors (Lipinski definition) is 5. The number of allylic oxidation sites excluding steroid dienone is 2. The van der Waals surface area contributed by atoms with Gasteiger partial charge in [0, 0.05) is 12.8 Å². The lowest BCUT2D eigenvalue weighted by molar-refractivity contribution is -0.143. The average Bonchev–Trinajstić information content (AvgIpc) is 3.33. The molecule has 2 atom stereocenters. The maximum Gasteiger partial charge on any atom is 0.305 e. The van der Waals surface area contributed by atoms with E-state index in [1.54, 1.807) is 0 Å². The summed E-state index contributed by atoms with van der Waals surface area (Å²) >= 11 is 0. The Morgan fingerprint density at radius 1 is 0.403 bits per heavy atom. The Labute approximate surface area is 419 Å². The van der Waals surface area contributed by atoms with Crippen LogP contribution in [0.5, 0.6) is 0 Å². The molecule has 0 bridgehead atoms. The molecule has 0 aromatic rings. The number of amides is 1. The molecule has 0 spiro atoms. The topological polar surface area (TPSA) is 95.9 Å². The van der Waals surface area contributed by atoms with Gasteiger partial charge in [-0.05, 0) is 51.4 Å². The zero-order chi connectivity index (χ0) is 48.6. The number of hydrogen-bond donors (Lipinski definition) is 3. The molecule has 398 valence electrons. The maximum atomic E-state index is 12.5. The van der Waals surface area contributed by atoms with Gasteiger partial charge in [-0.15, -0.1) is 0 Å². The van der Waals surface area contributed by atoms with Gasteiger partial charge in [0.25, 0.3) is 0 Å². The normalized spacial score (nSPS) is 12.6. The van der Waals surface area contributed by atoms with E-state index in [0.717, 1.165) is 51.4 Å². The second-order valence-corrected chi connectivity index (χ2v) is 21.0. The molecule has 6 nitrogen and oxygen atoms in total. The molecule has 0 fully saturated rings. The first-order valence-corrected chi connectivity index (χ1v) is 30.4. The molecule has 0 aliphatic rings. The van der Waals surface area contributed by atoms with E-state index in [2.05, 4.69) is 31.3 Å². The van der Waals surface area contributed by atoms with E-state index in [1.165, 1.54) is 257 Å². The summed E-state index contributed by atoms with van der Waals surface area (Å²) in [6.07, 6.45) is 67.8. The van der Waals surface area contributed by atoms with Crippen LogP contribution in [0.4, 0.5) is 0 Å². The predicted molar refractivity (Wildman–Crippen MR) is 292 cm³/mol. The van der Waals surface area contributed by atoms with Crippen molar-refractivity contribution in [3.8, 4) is 0 Å². The van der Waals surface area contributed by atoms with E-state index in [1.807, 2.05) is 0 Å². The molecule has 0 saturated heterocycles. The summed E-state index contributed by atoms with van der Waals surface area (Å²) in [4.78, 5) is 24.6. The highest BCUT2D eigenvalue weighted by molar-refractivity contribution is 5.76. The fourth-order valence-corrected chi connectivity index (χ4v) is 9.64. The molecule has 0 aromatic carbocycles. The number of unbranched alkanes of at least 4 members (excludes halogenated alkanes) is 44. The summed E-state index contributed by atoms with van der Waals surface area (Å²) in [5.41, 5.74) is 0. The number of carbonyl (C=O) groups is 2. The number of aliphatic hydroxyl groups is 2. The summed E-state index contributed by atoms with van der Waals surface area (Å²) < 4.78 is 5.48. The summed E-state index contributed by atoms with van der Waals surface area (Å²) in [7, 11) is 0. The molecule has 3 N–H and O–H groups in total. The Bertz CT molecular complexity index is 1000. The molecule has 1 amide bonds. The van der Waals surface area contributed by atoms with Gasteiger partial charge in [0.2, 0.25) is 5.91 Å². The molecule has 2 unspecified atom stereocenters. The Balaban J connectivity index is 3.44. The van der Waals surface area contributed by atoms with E-state index in [4.69, 9.17) is 4.74 Å². The minimum Gasteiger partial charge on any atom is -0.466 e. The Kier molecular flexibility index (Phi) is 56.0. The highest BCUT2D eigenvalue weighted by Crippen LogP contribution is 2.18. The van der Waals surface area contributed by atoms with E-state index >= 15 is 0 Å². The van der Waals surface area contributed by atoms with Crippen LogP contribution in [0, 0.1) is 0 Å². The monoisotopic (exact) mass is 946 g/mol. The first-order chi connectivity index (χ1) is 33.0. The van der Waals surface area contributed by atoms with E-state index in [9.17, 15) is 19.8 Å². The number of rotatable bonds is 57. The summed E-state index contributed by atoms with van der Waals surface area (Å²) in [5.74, 6) is -0.0559. The molecule has 0 radical (unpaired) electrons. The molecule has 0 aromatic heterocycles. The fourth-order valence-electron chi connectivity index (χ4n) is 9.64. The zero-order valence-corrected chi connectivity index (χ0v) is 45.4. The molecule has 0 heterocycles. The van der Waals surface area contributed by atoms with Gasteiger partial charge >= 0.3 is 5.97 Å². The van der Waals surface area contributed by atoms with Crippen molar-refractivity contribution in [1.29, 1.82) is 0 Å². The summed E-state index contributed by atoms with van der Waals surface area (Å²) in [5, 5.41) is 23.4. The fraction of sp³-hybridized carbons (Fsp3) is 0.934. The van der Waals surface area contributed by atoms with E-state index in [0.29, 0.717) is 25.9 Å². The van der Waals surface area contributed by atoms with Gasteiger partial charge in [-0.1, -0.05) is 289 Å². The van der Waals surface area contributed by atoms with Gasteiger partial charge in [-0.3, -0.25) is 9.59 Å². The van der Waals surface area contributed by atoms with Crippen LogP contribution in [-0.4, -0.2) is 47.4 Å². The smallest absolute Gasteiger partial charge is 0.305 e. The van der Waals surface area contributed by atoms with Crippen LogP contribution in [0.1, 0.15) is 341 Å². The number of ether oxygens (including phenoxy) is 1. The molecular formula is C61H119NO5. The van der Waals surface area contributed by atoms with Crippen LogP contribution in [-0.2, 0) is 14.3 Å². The number of carbonyl (C=O) groups excluding carboxylic acids is 2. The van der Waals surface area contributed by atoms with Crippen LogP contribution in [0.3, 0.4) is 0 Å². The van der Waals surface area contributed by atoms with Crippen molar-refractivity contribution in [3.05, 3.63) is 12.2 Å². The van der Waals surface area contributed by atoms with Gasteiger partial charge in [0.1, 0.15) is 0 Å².